The fourth-order valence-corrected chi connectivity index (χ4v) is 2.68. The minimum atomic E-state index is 0.0890. The molecule has 0 spiro atoms. The van der Waals surface area contributed by atoms with Crippen LogP contribution in [0.3, 0.4) is 0 Å². The van der Waals surface area contributed by atoms with Crippen molar-refractivity contribution in [1.29, 1.82) is 0 Å². The molecule has 0 radical (unpaired) electrons. The van der Waals surface area contributed by atoms with Gasteiger partial charge in [0.15, 0.2) is 5.78 Å². The van der Waals surface area contributed by atoms with E-state index in [1.54, 1.807) is 6.92 Å². The largest absolute Gasteiger partial charge is 0.494 e. The Labute approximate surface area is 142 Å². The second-order valence-corrected chi connectivity index (χ2v) is 5.67. The summed E-state index contributed by atoms with van der Waals surface area (Å²) in [7, 11) is 0. The van der Waals surface area contributed by atoms with E-state index in [2.05, 4.69) is 36.4 Å². The molecule has 0 aliphatic rings. The fourth-order valence-electron chi connectivity index (χ4n) is 2.68. The van der Waals surface area contributed by atoms with Crippen LogP contribution in [0.2, 0.25) is 0 Å². The van der Waals surface area contributed by atoms with Gasteiger partial charge in [-0.05, 0) is 48.2 Å². The number of hydrogen-bond acceptors (Lipinski definition) is 2. The molecule has 0 amide bonds. The van der Waals surface area contributed by atoms with E-state index in [1.165, 1.54) is 0 Å². The molecular weight excluding hydrogens is 296 g/mol. The lowest BCUT2D eigenvalue weighted by atomic mass is 9.99. The molecule has 0 saturated carbocycles. The average Bonchev–Trinajstić information content (AvgIpc) is 2.62. The lowest BCUT2D eigenvalue weighted by Gasteiger charge is -2.08. The third-order valence-electron chi connectivity index (χ3n) is 3.99. The van der Waals surface area contributed by atoms with Crippen molar-refractivity contribution in [3.63, 3.8) is 0 Å². The van der Waals surface area contributed by atoms with Crippen LogP contribution < -0.4 is 4.74 Å². The summed E-state index contributed by atoms with van der Waals surface area (Å²) in [6.45, 7) is 4.23. The Morgan fingerprint density at radius 2 is 1.33 bits per heavy atom. The van der Waals surface area contributed by atoms with E-state index >= 15 is 0 Å². The third-order valence-corrected chi connectivity index (χ3v) is 3.99. The highest BCUT2D eigenvalue weighted by Gasteiger charge is 2.03. The number of rotatable bonds is 5. The first-order valence-electron chi connectivity index (χ1n) is 8.12. The molecule has 2 heteroatoms. The van der Waals surface area contributed by atoms with Gasteiger partial charge in [0.2, 0.25) is 0 Å². The standard InChI is InChI=1S/C22H20O2/c1-3-24-22-6-4-5-21(15-22)20-13-11-19(12-14-20)18-9-7-17(8-10-18)16(2)23/h4-15H,3H2,1-2H3. The first kappa shape index (κ1) is 16.0. The van der Waals surface area contributed by atoms with Gasteiger partial charge in [0.25, 0.3) is 0 Å². The summed E-state index contributed by atoms with van der Waals surface area (Å²) in [6, 6.07) is 24.3. The number of ether oxygens (including phenoxy) is 1. The molecule has 3 aromatic rings. The number of benzene rings is 3. The quantitative estimate of drug-likeness (QED) is 0.571. The van der Waals surface area contributed by atoms with Crippen molar-refractivity contribution in [3.8, 4) is 28.0 Å². The van der Waals surface area contributed by atoms with Gasteiger partial charge in [-0.3, -0.25) is 4.79 Å². The topological polar surface area (TPSA) is 26.3 Å². The number of ketones is 1. The molecule has 0 atom stereocenters. The lowest BCUT2D eigenvalue weighted by molar-refractivity contribution is 0.101. The molecule has 0 aliphatic carbocycles. The molecule has 0 heterocycles. The van der Waals surface area contributed by atoms with E-state index in [4.69, 9.17) is 4.74 Å². The molecule has 0 N–H and O–H groups in total. The second-order valence-electron chi connectivity index (χ2n) is 5.67. The molecule has 0 aliphatic heterocycles. The van der Waals surface area contributed by atoms with Crippen molar-refractivity contribution < 1.29 is 9.53 Å². The maximum Gasteiger partial charge on any atom is 0.159 e. The minimum absolute atomic E-state index is 0.0890. The molecule has 0 fully saturated rings. The summed E-state index contributed by atoms with van der Waals surface area (Å²) in [6.07, 6.45) is 0. The van der Waals surface area contributed by atoms with Crippen LogP contribution in [-0.4, -0.2) is 12.4 Å². The summed E-state index contributed by atoms with van der Waals surface area (Å²) in [5.41, 5.74) is 5.27. The highest BCUT2D eigenvalue weighted by atomic mass is 16.5. The molecular formula is C22H20O2. The van der Waals surface area contributed by atoms with Crippen LogP contribution >= 0.6 is 0 Å². The van der Waals surface area contributed by atoms with Crippen LogP contribution in [0.15, 0.2) is 72.8 Å². The summed E-state index contributed by atoms with van der Waals surface area (Å²) in [5, 5.41) is 0. The molecule has 2 nitrogen and oxygen atoms in total. The Hall–Kier alpha value is -2.87. The van der Waals surface area contributed by atoms with Gasteiger partial charge in [-0.1, -0.05) is 60.7 Å². The van der Waals surface area contributed by atoms with Gasteiger partial charge in [0, 0.05) is 5.56 Å². The predicted octanol–water partition coefficient (Wildman–Crippen LogP) is 5.62. The molecule has 0 unspecified atom stereocenters. The highest BCUT2D eigenvalue weighted by Crippen LogP contribution is 2.27. The zero-order valence-corrected chi connectivity index (χ0v) is 14.0. The van der Waals surface area contributed by atoms with Crippen molar-refractivity contribution in [2.24, 2.45) is 0 Å². The normalized spacial score (nSPS) is 10.4. The molecule has 24 heavy (non-hydrogen) atoms. The summed E-state index contributed by atoms with van der Waals surface area (Å²) < 4.78 is 5.56. The molecule has 120 valence electrons. The lowest BCUT2D eigenvalue weighted by Crippen LogP contribution is -1.91. The van der Waals surface area contributed by atoms with Crippen LogP contribution in [0, 0.1) is 0 Å². The van der Waals surface area contributed by atoms with Crippen molar-refractivity contribution in [2.45, 2.75) is 13.8 Å². The summed E-state index contributed by atoms with van der Waals surface area (Å²) in [5.74, 6) is 0.977. The van der Waals surface area contributed by atoms with Crippen LogP contribution in [-0.2, 0) is 0 Å². The smallest absolute Gasteiger partial charge is 0.159 e. The maximum atomic E-state index is 11.4. The van der Waals surface area contributed by atoms with Gasteiger partial charge in [0.05, 0.1) is 6.61 Å². The number of Topliss-reactive ketones (excluding diaryl/α,β-unsaturated/α-hetero) is 1. The number of carbonyl (C=O) groups excluding carboxylic acids is 1. The van der Waals surface area contributed by atoms with E-state index < -0.39 is 0 Å². The molecule has 0 bridgehead atoms. The Balaban J connectivity index is 1.85. The number of carbonyl (C=O) groups is 1. The Morgan fingerprint density at radius 1 is 0.792 bits per heavy atom. The Kier molecular flexibility index (Phi) is 4.76. The molecule has 0 saturated heterocycles. The number of hydrogen-bond donors (Lipinski definition) is 0. The second kappa shape index (κ2) is 7.14. The van der Waals surface area contributed by atoms with Crippen molar-refractivity contribution in [1.82, 2.24) is 0 Å². The predicted molar refractivity (Wildman–Crippen MR) is 98.5 cm³/mol. The van der Waals surface area contributed by atoms with Crippen LogP contribution in [0.25, 0.3) is 22.3 Å². The van der Waals surface area contributed by atoms with Crippen molar-refractivity contribution in [3.05, 3.63) is 78.4 Å². The Bertz CT molecular complexity index is 831. The molecule has 3 aromatic carbocycles. The van der Waals surface area contributed by atoms with Crippen LogP contribution in [0.4, 0.5) is 0 Å². The van der Waals surface area contributed by atoms with Crippen LogP contribution in [0.5, 0.6) is 5.75 Å². The van der Waals surface area contributed by atoms with Gasteiger partial charge in [-0.25, -0.2) is 0 Å². The van der Waals surface area contributed by atoms with Gasteiger partial charge in [-0.2, -0.15) is 0 Å². The highest BCUT2D eigenvalue weighted by molar-refractivity contribution is 5.94. The van der Waals surface area contributed by atoms with Crippen molar-refractivity contribution >= 4 is 5.78 Å². The minimum Gasteiger partial charge on any atom is -0.494 e. The zero-order valence-electron chi connectivity index (χ0n) is 14.0. The Morgan fingerprint density at radius 3 is 1.88 bits per heavy atom. The monoisotopic (exact) mass is 316 g/mol. The first-order chi connectivity index (χ1) is 11.7. The van der Waals surface area contributed by atoms with E-state index in [0.29, 0.717) is 6.61 Å². The van der Waals surface area contributed by atoms with E-state index in [-0.39, 0.29) is 5.78 Å². The van der Waals surface area contributed by atoms with Crippen LogP contribution in [0.1, 0.15) is 24.2 Å². The van der Waals surface area contributed by atoms with E-state index in [1.807, 2.05) is 43.3 Å². The summed E-state index contributed by atoms with van der Waals surface area (Å²) >= 11 is 0. The van der Waals surface area contributed by atoms with E-state index in [0.717, 1.165) is 33.6 Å². The maximum absolute atomic E-state index is 11.4. The van der Waals surface area contributed by atoms with Crippen molar-refractivity contribution in [2.75, 3.05) is 6.61 Å². The molecule has 3 rings (SSSR count). The molecule has 0 aromatic heterocycles. The fraction of sp³-hybridized carbons (Fsp3) is 0.136. The van der Waals surface area contributed by atoms with Gasteiger partial charge >= 0.3 is 0 Å². The first-order valence-corrected chi connectivity index (χ1v) is 8.12. The van der Waals surface area contributed by atoms with Gasteiger partial charge < -0.3 is 4.74 Å². The van der Waals surface area contributed by atoms with Gasteiger partial charge in [-0.15, -0.1) is 0 Å². The summed E-state index contributed by atoms with van der Waals surface area (Å²) in [4.78, 5) is 11.4. The zero-order chi connectivity index (χ0) is 16.9. The third kappa shape index (κ3) is 3.54. The van der Waals surface area contributed by atoms with E-state index in [9.17, 15) is 4.79 Å². The van der Waals surface area contributed by atoms with Gasteiger partial charge in [0.1, 0.15) is 5.75 Å². The average molecular weight is 316 g/mol. The SMILES string of the molecule is CCOc1cccc(-c2ccc(-c3ccc(C(C)=O)cc3)cc2)c1.